The van der Waals surface area contributed by atoms with E-state index in [2.05, 4.69) is 31.7 Å². The number of aryl methyl sites for hydroxylation is 2. The number of amides is 2. The highest BCUT2D eigenvalue weighted by Gasteiger charge is 2.34. The lowest BCUT2D eigenvalue weighted by atomic mass is 9.96. The average Bonchev–Trinajstić information content (AvgIpc) is 3.12. The van der Waals surface area contributed by atoms with Crippen molar-refractivity contribution in [1.82, 2.24) is 20.3 Å². The molecule has 0 spiro atoms. The standard InChI is InChI=1S/C20H20F3N5O/c21-20(22,23)18-27-16-8-7-14(11-17(16)28-18)26-19(29)24-10-9-13-6-5-12-3-1-2-4-15(12)25-13/h5-8,11H,1-4,9-10H2,(H,27,28)(H2,24,26,29). The van der Waals surface area contributed by atoms with Gasteiger partial charge in [0, 0.05) is 30.0 Å². The monoisotopic (exact) mass is 403 g/mol. The third-order valence-corrected chi connectivity index (χ3v) is 4.91. The summed E-state index contributed by atoms with van der Waals surface area (Å²) in [6.07, 6.45) is 0.508. The van der Waals surface area contributed by atoms with Gasteiger partial charge in [-0.2, -0.15) is 13.2 Å². The first-order valence-electron chi connectivity index (χ1n) is 9.48. The Bertz CT molecular complexity index is 1040. The fraction of sp³-hybridized carbons (Fsp3) is 0.350. The molecule has 0 bridgehead atoms. The van der Waals surface area contributed by atoms with Gasteiger partial charge >= 0.3 is 12.2 Å². The van der Waals surface area contributed by atoms with Crippen molar-refractivity contribution in [2.24, 2.45) is 0 Å². The summed E-state index contributed by atoms with van der Waals surface area (Å²) >= 11 is 0. The quantitative estimate of drug-likeness (QED) is 0.610. The third kappa shape index (κ3) is 4.49. The number of anilines is 1. The predicted molar refractivity (Wildman–Crippen MR) is 103 cm³/mol. The molecule has 29 heavy (non-hydrogen) atoms. The molecule has 6 nitrogen and oxygen atoms in total. The van der Waals surface area contributed by atoms with Crippen LogP contribution in [0.4, 0.5) is 23.7 Å². The molecule has 1 aliphatic carbocycles. The third-order valence-electron chi connectivity index (χ3n) is 4.91. The zero-order valence-corrected chi connectivity index (χ0v) is 15.6. The molecule has 0 saturated carbocycles. The van der Waals surface area contributed by atoms with Crippen molar-refractivity contribution in [3.8, 4) is 0 Å². The number of aromatic nitrogens is 3. The molecule has 0 radical (unpaired) electrons. The minimum Gasteiger partial charge on any atom is -0.337 e. The van der Waals surface area contributed by atoms with Gasteiger partial charge in [-0.05, 0) is 55.5 Å². The topological polar surface area (TPSA) is 82.7 Å². The Kier molecular flexibility index (Phi) is 5.12. The van der Waals surface area contributed by atoms with Gasteiger partial charge in [-0.3, -0.25) is 4.98 Å². The summed E-state index contributed by atoms with van der Waals surface area (Å²) in [7, 11) is 0. The molecule has 3 aromatic rings. The van der Waals surface area contributed by atoms with Crippen LogP contribution in [0.15, 0.2) is 30.3 Å². The molecule has 1 aromatic carbocycles. The molecule has 0 atom stereocenters. The van der Waals surface area contributed by atoms with Crippen LogP contribution in [0.1, 0.15) is 35.6 Å². The number of H-pyrrole nitrogens is 1. The number of alkyl halides is 3. The lowest BCUT2D eigenvalue weighted by molar-refractivity contribution is -0.144. The summed E-state index contributed by atoms with van der Waals surface area (Å²) in [4.78, 5) is 22.5. The molecule has 2 aromatic heterocycles. The second-order valence-corrected chi connectivity index (χ2v) is 7.06. The van der Waals surface area contributed by atoms with E-state index >= 15 is 0 Å². The van der Waals surface area contributed by atoms with E-state index in [4.69, 9.17) is 0 Å². The first-order chi connectivity index (χ1) is 13.9. The molecule has 1 aliphatic rings. The molecular formula is C20H20F3N5O. The van der Waals surface area contributed by atoms with E-state index < -0.39 is 18.0 Å². The van der Waals surface area contributed by atoms with Crippen molar-refractivity contribution in [3.63, 3.8) is 0 Å². The summed E-state index contributed by atoms with van der Waals surface area (Å²) in [6, 6.07) is 8.03. The van der Waals surface area contributed by atoms with Gasteiger partial charge in [0.15, 0.2) is 0 Å². The maximum Gasteiger partial charge on any atom is 0.449 e. The Hall–Kier alpha value is -3.10. The molecule has 0 aliphatic heterocycles. The van der Waals surface area contributed by atoms with E-state index in [-0.39, 0.29) is 11.0 Å². The molecule has 0 unspecified atom stereocenters. The van der Waals surface area contributed by atoms with Gasteiger partial charge in [0.05, 0.1) is 11.0 Å². The van der Waals surface area contributed by atoms with Gasteiger partial charge in [-0.25, -0.2) is 9.78 Å². The van der Waals surface area contributed by atoms with Gasteiger partial charge in [0.2, 0.25) is 5.82 Å². The number of nitrogens with one attached hydrogen (secondary N) is 3. The predicted octanol–water partition coefficient (Wildman–Crippen LogP) is 4.22. The molecule has 2 heterocycles. The first-order valence-corrected chi connectivity index (χ1v) is 9.48. The van der Waals surface area contributed by atoms with Crippen LogP contribution in [-0.4, -0.2) is 27.5 Å². The molecule has 3 N–H and O–H groups in total. The zero-order valence-electron chi connectivity index (χ0n) is 15.6. The minimum absolute atomic E-state index is 0.182. The van der Waals surface area contributed by atoms with E-state index in [1.165, 1.54) is 30.2 Å². The zero-order chi connectivity index (χ0) is 20.4. The van der Waals surface area contributed by atoms with Crippen LogP contribution in [0.5, 0.6) is 0 Å². The molecular weight excluding hydrogens is 383 g/mol. The summed E-state index contributed by atoms with van der Waals surface area (Å²) in [5.74, 6) is -1.06. The second-order valence-electron chi connectivity index (χ2n) is 7.06. The van der Waals surface area contributed by atoms with Crippen molar-refractivity contribution >= 4 is 22.8 Å². The van der Waals surface area contributed by atoms with Gasteiger partial charge in [-0.15, -0.1) is 0 Å². The Balaban J connectivity index is 1.32. The number of carbonyl (C=O) groups is 1. The van der Waals surface area contributed by atoms with Crippen molar-refractivity contribution < 1.29 is 18.0 Å². The first kappa shape index (κ1) is 19.2. The summed E-state index contributed by atoms with van der Waals surface area (Å²) < 4.78 is 38.2. The van der Waals surface area contributed by atoms with Crippen molar-refractivity contribution in [1.29, 1.82) is 0 Å². The SMILES string of the molecule is O=C(NCCc1ccc2c(n1)CCCC2)Nc1ccc2nc(C(F)(F)F)[nH]c2c1. The molecule has 4 rings (SSSR count). The van der Waals surface area contributed by atoms with E-state index in [0.717, 1.165) is 30.7 Å². The van der Waals surface area contributed by atoms with Crippen LogP contribution in [0.2, 0.25) is 0 Å². The average molecular weight is 403 g/mol. The smallest absolute Gasteiger partial charge is 0.337 e. The number of fused-ring (bicyclic) bond motifs is 2. The Morgan fingerprint density at radius 2 is 1.93 bits per heavy atom. The summed E-state index contributed by atoms with van der Waals surface area (Å²) in [5, 5.41) is 5.36. The number of rotatable bonds is 4. The van der Waals surface area contributed by atoms with Crippen LogP contribution in [-0.2, 0) is 25.4 Å². The molecule has 0 saturated heterocycles. The molecule has 9 heteroatoms. The Labute approximate surface area is 164 Å². The fourth-order valence-electron chi connectivity index (χ4n) is 3.47. The van der Waals surface area contributed by atoms with Crippen LogP contribution in [0.25, 0.3) is 11.0 Å². The van der Waals surface area contributed by atoms with Gasteiger partial charge in [0.1, 0.15) is 0 Å². The largest absolute Gasteiger partial charge is 0.449 e. The number of imidazole rings is 1. The number of halogens is 3. The number of urea groups is 1. The minimum atomic E-state index is -4.55. The van der Waals surface area contributed by atoms with Gasteiger partial charge < -0.3 is 15.6 Å². The van der Waals surface area contributed by atoms with Crippen molar-refractivity contribution in [2.45, 2.75) is 38.3 Å². The second kappa shape index (κ2) is 7.73. The number of pyridine rings is 1. The number of benzene rings is 1. The van der Waals surface area contributed by atoms with Crippen LogP contribution >= 0.6 is 0 Å². The van der Waals surface area contributed by atoms with Crippen LogP contribution in [0.3, 0.4) is 0 Å². The van der Waals surface area contributed by atoms with Gasteiger partial charge in [-0.1, -0.05) is 6.07 Å². The maximum absolute atomic E-state index is 12.7. The van der Waals surface area contributed by atoms with E-state index in [0.29, 0.717) is 18.7 Å². The highest BCUT2D eigenvalue weighted by molar-refractivity contribution is 5.91. The highest BCUT2D eigenvalue weighted by Crippen LogP contribution is 2.29. The van der Waals surface area contributed by atoms with E-state index in [1.54, 1.807) is 0 Å². The van der Waals surface area contributed by atoms with Crippen LogP contribution < -0.4 is 10.6 Å². The molecule has 0 fully saturated rings. The molecule has 2 amide bonds. The molecule has 152 valence electrons. The van der Waals surface area contributed by atoms with Crippen LogP contribution in [0, 0.1) is 0 Å². The van der Waals surface area contributed by atoms with E-state index in [9.17, 15) is 18.0 Å². The number of carbonyl (C=O) groups excluding carboxylic acids is 1. The Morgan fingerprint density at radius 3 is 2.76 bits per heavy atom. The summed E-state index contributed by atoms with van der Waals surface area (Å²) in [5.41, 5.74) is 4.16. The van der Waals surface area contributed by atoms with Crippen molar-refractivity contribution in [2.75, 3.05) is 11.9 Å². The number of hydrogen-bond acceptors (Lipinski definition) is 3. The normalized spacial score (nSPS) is 13.9. The van der Waals surface area contributed by atoms with E-state index in [1.807, 2.05) is 6.07 Å². The fourth-order valence-corrected chi connectivity index (χ4v) is 3.47. The Morgan fingerprint density at radius 1 is 1.10 bits per heavy atom. The van der Waals surface area contributed by atoms with Crippen molar-refractivity contribution in [3.05, 3.63) is 53.1 Å². The number of aromatic amines is 1. The van der Waals surface area contributed by atoms with Gasteiger partial charge in [0.25, 0.3) is 0 Å². The number of hydrogen-bond donors (Lipinski definition) is 3. The lowest BCUT2D eigenvalue weighted by Crippen LogP contribution is -2.30. The highest BCUT2D eigenvalue weighted by atomic mass is 19.4. The summed E-state index contributed by atoms with van der Waals surface area (Å²) in [6.45, 7) is 0.405. The maximum atomic E-state index is 12.7. The number of nitrogens with zero attached hydrogens (tertiary/aromatic N) is 2. The lowest BCUT2D eigenvalue weighted by Gasteiger charge is -2.15.